The maximum atomic E-state index is 15.6. The highest BCUT2D eigenvalue weighted by molar-refractivity contribution is 5.85. The molecule has 0 fully saturated rings. The molecule has 5 rings (SSSR count). The lowest BCUT2D eigenvalue weighted by molar-refractivity contribution is -0.137. The van der Waals surface area contributed by atoms with Gasteiger partial charge in [-0.1, -0.05) is 32.1 Å². The van der Waals surface area contributed by atoms with Crippen LogP contribution in [-0.2, 0) is 17.3 Å². The average Bonchev–Trinajstić information content (AvgIpc) is 3.28. The standard InChI is InChI=1S/C33H32F4O4/c1-32(2)13-4-5-25(32)23-15-19(6-8-22(23)24-17-21(40-3)7-10-27(24)34)18-41-28-11-9-26-30(31(28)35)20(16-29(38)39)12-14-33(26,36)37/h5-11,15,17,20H,4,12-14,16,18H2,1-3H3,(H,38,39). The number of carboxylic acids is 1. The Balaban J connectivity index is 1.51. The molecule has 8 heteroatoms. The molecule has 1 atom stereocenters. The molecule has 0 heterocycles. The third kappa shape index (κ3) is 5.56. The van der Waals surface area contributed by atoms with Gasteiger partial charge in [0.05, 0.1) is 13.5 Å². The number of halogens is 4. The van der Waals surface area contributed by atoms with Crippen LogP contribution in [0, 0.1) is 17.0 Å². The number of hydrogen-bond acceptors (Lipinski definition) is 3. The predicted molar refractivity (Wildman–Crippen MR) is 148 cm³/mol. The van der Waals surface area contributed by atoms with Crippen molar-refractivity contribution in [3.63, 3.8) is 0 Å². The summed E-state index contributed by atoms with van der Waals surface area (Å²) in [6.07, 6.45) is 2.85. The van der Waals surface area contributed by atoms with E-state index in [9.17, 15) is 18.7 Å². The van der Waals surface area contributed by atoms with Crippen molar-refractivity contribution in [2.45, 2.75) is 64.4 Å². The summed E-state index contributed by atoms with van der Waals surface area (Å²) in [7, 11) is 1.52. The molecule has 4 nitrogen and oxygen atoms in total. The normalized spacial score (nSPS) is 18.9. The van der Waals surface area contributed by atoms with E-state index in [2.05, 4.69) is 19.9 Å². The van der Waals surface area contributed by atoms with Crippen LogP contribution in [0.3, 0.4) is 0 Å². The van der Waals surface area contributed by atoms with Crippen molar-refractivity contribution in [3.8, 4) is 22.6 Å². The molecule has 3 aromatic rings. The zero-order valence-electron chi connectivity index (χ0n) is 23.2. The van der Waals surface area contributed by atoms with Crippen molar-refractivity contribution in [2.24, 2.45) is 5.41 Å². The Morgan fingerprint density at radius 1 is 1.00 bits per heavy atom. The lowest BCUT2D eigenvalue weighted by Gasteiger charge is -2.31. The molecule has 0 saturated carbocycles. The highest BCUT2D eigenvalue weighted by atomic mass is 19.3. The van der Waals surface area contributed by atoms with E-state index >= 15 is 8.78 Å². The first-order valence-corrected chi connectivity index (χ1v) is 13.6. The van der Waals surface area contributed by atoms with E-state index in [1.807, 2.05) is 6.07 Å². The summed E-state index contributed by atoms with van der Waals surface area (Å²) in [5.74, 6) is -6.34. The van der Waals surface area contributed by atoms with E-state index < -0.39 is 47.8 Å². The van der Waals surface area contributed by atoms with Gasteiger partial charge >= 0.3 is 5.97 Å². The Kier molecular flexibility index (Phi) is 7.62. The molecule has 0 saturated heterocycles. The first kappa shape index (κ1) is 28.7. The SMILES string of the molecule is COc1ccc(F)c(-c2ccc(COc3ccc4c(c3F)C(CC(=O)O)CCC4(F)F)cc2C2=CCCC2(C)C)c1. The number of carbonyl (C=O) groups is 1. The summed E-state index contributed by atoms with van der Waals surface area (Å²) in [4.78, 5) is 11.3. The Morgan fingerprint density at radius 3 is 2.46 bits per heavy atom. The fourth-order valence-electron chi connectivity index (χ4n) is 6.05. The van der Waals surface area contributed by atoms with Gasteiger partial charge in [-0.25, -0.2) is 17.6 Å². The van der Waals surface area contributed by atoms with Crippen LogP contribution in [0.15, 0.2) is 54.6 Å². The highest BCUT2D eigenvalue weighted by Crippen LogP contribution is 2.49. The fourth-order valence-corrected chi connectivity index (χ4v) is 6.05. The second-order valence-electron chi connectivity index (χ2n) is 11.4. The number of methoxy groups -OCH3 is 1. The van der Waals surface area contributed by atoms with Gasteiger partial charge in [-0.15, -0.1) is 0 Å². The van der Waals surface area contributed by atoms with Gasteiger partial charge in [-0.3, -0.25) is 4.79 Å². The van der Waals surface area contributed by atoms with E-state index in [0.29, 0.717) is 22.4 Å². The molecule has 3 aromatic carbocycles. The van der Waals surface area contributed by atoms with Crippen molar-refractivity contribution < 1.29 is 36.9 Å². The van der Waals surface area contributed by atoms with E-state index in [-0.39, 0.29) is 29.8 Å². The summed E-state index contributed by atoms with van der Waals surface area (Å²) in [6, 6.07) is 12.3. The van der Waals surface area contributed by atoms with Crippen LogP contribution < -0.4 is 9.47 Å². The Bertz CT molecular complexity index is 1530. The molecule has 1 unspecified atom stereocenters. The number of ether oxygens (including phenoxy) is 2. The zero-order chi connectivity index (χ0) is 29.5. The third-order valence-corrected chi connectivity index (χ3v) is 8.25. The molecule has 216 valence electrons. The van der Waals surface area contributed by atoms with Gasteiger partial charge in [0.25, 0.3) is 5.92 Å². The van der Waals surface area contributed by atoms with E-state index in [0.717, 1.165) is 30.0 Å². The number of allylic oxidation sites excluding steroid dienone is 2. The molecule has 0 bridgehead atoms. The molecule has 2 aliphatic rings. The lowest BCUT2D eigenvalue weighted by Crippen LogP contribution is -2.26. The first-order valence-electron chi connectivity index (χ1n) is 13.6. The number of rotatable bonds is 8. The predicted octanol–water partition coefficient (Wildman–Crippen LogP) is 8.87. The largest absolute Gasteiger partial charge is 0.497 e. The molecule has 0 aromatic heterocycles. The number of hydrogen-bond donors (Lipinski definition) is 1. The fraction of sp³-hybridized carbons (Fsp3) is 0.364. The van der Waals surface area contributed by atoms with Crippen LogP contribution >= 0.6 is 0 Å². The van der Waals surface area contributed by atoms with Gasteiger partial charge < -0.3 is 14.6 Å². The number of alkyl halides is 2. The van der Waals surface area contributed by atoms with Crippen molar-refractivity contribution in [2.75, 3.05) is 7.11 Å². The molecule has 0 radical (unpaired) electrons. The van der Waals surface area contributed by atoms with Gasteiger partial charge in [0.15, 0.2) is 11.6 Å². The summed E-state index contributed by atoms with van der Waals surface area (Å²) in [5.41, 5.74) is 2.72. The van der Waals surface area contributed by atoms with Gasteiger partial charge in [0.1, 0.15) is 18.2 Å². The van der Waals surface area contributed by atoms with Crippen molar-refractivity contribution in [3.05, 3.63) is 88.5 Å². The summed E-state index contributed by atoms with van der Waals surface area (Å²) in [6.45, 7) is 4.19. The van der Waals surface area contributed by atoms with Gasteiger partial charge in [-0.05, 0) is 89.3 Å². The van der Waals surface area contributed by atoms with Crippen LogP contribution in [-0.4, -0.2) is 18.2 Å². The van der Waals surface area contributed by atoms with Crippen molar-refractivity contribution >= 4 is 11.5 Å². The van der Waals surface area contributed by atoms with Crippen LogP contribution in [0.4, 0.5) is 17.6 Å². The van der Waals surface area contributed by atoms with Crippen molar-refractivity contribution in [1.82, 2.24) is 0 Å². The lowest BCUT2D eigenvalue weighted by atomic mass is 9.78. The highest BCUT2D eigenvalue weighted by Gasteiger charge is 2.43. The van der Waals surface area contributed by atoms with Crippen LogP contribution in [0.1, 0.15) is 74.1 Å². The van der Waals surface area contributed by atoms with E-state index in [1.165, 1.54) is 19.2 Å². The summed E-state index contributed by atoms with van der Waals surface area (Å²) >= 11 is 0. The molecular formula is C33H32F4O4. The third-order valence-electron chi connectivity index (χ3n) is 8.25. The number of fused-ring (bicyclic) bond motifs is 1. The molecule has 0 aliphatic heterocycles. The maximum Gasteiger partial charge on any atom is 0.303 e. The molecule has 0 amide bonds. The minimum Gasteiger partial charge on any atom is -0.497 e. The van der Waals surface area contributed by atoms with Gasteiger partial charge in [0, 0.05) is 23.1 Å². The first-order chi connectivity index (χ1) is 19.4. The van der Waals surface area contributed by atoms with Crippen LogP contribution in [0.5, 0.6) is 11.5 Å². The van der Waals surface area contributed by atoms with E-state index in [1.54, 1.807) is 24.3 Å². The van der Waals surface area contributed by atoms with Gasteiger partial charge in [-0.2, -0.15) is 0 Å². The molecule has 2 aliphatic carbocycles. The maximum absolute atomic E-state index is 15.6. The smallest absolute Gasteiger partial charge is 0.303 e. The number of carboxylic acid groups (broad SMARTS) is 1. The molecule has 1 N–H and O–H groups in total. The molecule has 0 spiro atoms. The Hall–Kier alpha value is -3.81. The van der Waals surface area contributed by atoms with Crippen molar-refractivity contribution in [1.29, 1.82) is 0 Å². The Morgan fingerprint density at radius 2 is 1.78 bits per heavy atom. The zero-order valence-corrected chi connectivity index (χ0v) is 23.2. The quantitative estimate of drug-likeness (QED) is 0.276. The molecular weight excluding hydrogens is 536 g/mol. The average molecular weight is 569 g/mol. The molecule has 41 heavy (non-hydrogen) atoms. The second kappa shape index (κ2) is 10.9. The topological polar surface area (TPSA) is 55.8 Å². The Labute approximate surface area is 236 Å². The van der Waals surface area contributed by atoms with Crippen LogP contribution in [0.25, 0.3) is 16.7 Å². The van der Waals surface area contributed by atoms with Crippen LogP contribution in [0.2, 0.25) is 0 Å². The minimum atomic E-state index is -3.24. The number of aliphatic carboxylic acids is 1. The summed E-state index contributed by atoms with van der Waals surface area (Å²) < 4.78 is 71.0. The minimum absolute atomic E-state index is 0.0721. The van der Waals surface area contributed by atoms with E-state index in [4.69, 9.17) is 9.47 Å². The number of benzene rings is 3. The second-order valence-corrected chi connectivity index (χ2v) is 11.4. The monoisotopic (exact) mass is 568 g/mol. The summed E-state index contributed by atoms with van der Waals surface area (Å²) in [5, 5.41) is 9.26. The van der Waals surface area contributed by atoms with Gasteiger partial charge in [0.2, 0.25) is 0 Å².